The predicted molar refractivity (Wildman–Crippen MR) is 386 cm³/mol. The number of phenols is 1. The smallest absolute Gasteiger partial charge is 0.305 e. The molecule has 0 bridgehead atoms. The van der Waals surface area contributed by atoms with E-state index in [1.807, 2.05) is 30.3 Å². The average Bonchev–Trinajstić information content (AvgIpc) is 1.62. The first-order valence-corrected chi connectivity index (χ1v) is 35.4. The van der Waals surface area contributed by atoms with E-state index in [0.717, 1.165) is 16.0 Å². The number of hydrogen-bond donors (Lipinski definition) is 16. The largest absolute Gasteiger partial charge is 0.508 e. The van der Waals surface area contributed by atoms with Crippen LogP contribution in [0.1, 0.15) is 102 Å². The van der Waals surface area contributed by atoms with Gasteiger partial charge in [-0.3, -0.25) is 67.3 Å². The number of hydrogen-bond acceptors (Lipinski definition) is 18. The zero-order valence-electron chi connectivity index (χ0n) is 59.7. The summed E-state index contributed by atoms with van der Waals surface area (Å²) < 4.78 is 0. The van der Waals surface area contributed by atoms with Gasteiger partial charge < -0.3 is 101 Å². The van der Waals surface area contributed by atoms with Gasteiger partial charge in [0.15, 0.2) is 5.96 Å². The third kappa shape index (κ3) is 23.2. The molecule has 33 nitrogen and oxygen atoms in total. The van der Waals surface area contributed by atoms with Crippen LogP contribution in [0.3, 0.4) is 0 Å². The maximum atomic E-state index is 14.9. The van der Waals surface area contributed by atoms with Crippen molar-refractivity contribution < 1.29 is 82.8 Å². The predicted octanol–water partition coefficient (Wildman–Crippen LogP) is -2.67. The van der Waals surface area contributed by atoms with E-state index in [1.54, 1.807) is 80.6 Å². The van der Waals surface area contributed by atoms with E-state index >= 15 is 0 Å². The van der Waals surface area contributed by atoms with Gasteiger partial charge >= 0.3 is 5.97 Å². The molecule has 3 fully saturated rings. The van der Waals surface area contributed by atoms with E-state index in [2.05, 4.69) is 47.5 Å². The second kappa shape index (κ2) is 39.2. The van der Waals surface area contributed by atoms with E-state index in [0.29, 0.717) is 36.0 Å². The van der Waals surface area contributed by atoms with Gasteiger partial charge in [0.2, 0.25) is 70.9 Å². The summed E-state index contributed by atoms with van der Waals surface area (Å²) >= 11 is 0. The van der Waals surface area contributed by atoms with E-state index in [1.165, 1.54) is 35.8 Å². The fourth-order valence-electron chi connectivity index (χ4n) is 13.0. The number of phenolic OH excluding ortho intramolecular Hbond substituents is 1. The van der Waals surface area contributed by atoms with E-state index < -0.39 is 174 Å². The average molecular weight is 1470 g/mol. The number of carboxylic acid groups (broad SMARTS) is 1. The highest BCUT2D eigenvalue weighted by molar-refractivity contribution is 6.00. The summed E-state index contributed by atoms with van der Waals surface area (Å²) in [6.07, 6.45) is -1.09. The number of carboxylic acids is 1. The lowest BCUT2D eigenvalue weighted by atomic mass is 9.99. The molecule has 3 aliphatic rings. The van der Waals surface area contributed by atoms with Crippen LogP contribution >= 0.6 is 0 Å². The molecule has 7 rings (SSSR count). The lowest BCUT2D eigenvalue weighted by Gasteiger charge is -2.32. The van der Waals surface area contributed by atoms with Gasteiger partial charge in [-0.25, -0.2) is 0 Å². The Balaban J connectivity index is 1.02. The molecular weight excluding hydrogens is 1370 g/mol. The number of likely N-dealkylation sites (tertiary alicyclic amines) is 3. The minimum absolute atomic E-state index is 0.00383. The maximum absolute atomic E-state index is 14.9. The molecular formula is C73H98N16O17. The van der Waals surface area contributed by atoms with Crippen LogP contribution in [0.15, 0.2) is 114 Å². The number of aliphatic hydroxyl groups is 2. The first kappa shape index (κ1) is 82.2. The molecule has 13 atom stereocenters. The Bertz CT molecular complexity index is 3790. The van der Waals surface area contributed by atoms with Crippen molar-refractivity contribution in [1.82, 2.24) is 57.2 Å². The number of nitrogens with two attached hydrogens (primary N) is 4. The highest BCUT2D eigenvalue weighted by Gasteiger charge is 2.44. The molecule has 572 valence electrons. The zero-order valence-corrected chi connectivity index (χ0v) is 59.7. The Kier molecular flexibility index (Phi) is 30.4. The third-order valence-corrected chi connectivity index (χ3v) is 18.7. The number of aromatic hydroxyl groups is 1. The lowest BCUT2D eigenvalue weighted by molar-refractivity contribution is -0.145. The van der Waals surface area contributed by atoms with E-state index in [4.69, 9.17) is 22.9 Å². The van der Waals surface area contributed by atoms with Crippen molar-refractivity contribution in [3.05, 3.63) is 126 Å². The molecule has 3 saturated heterocycles. The fraction of sp³-hybridized carbons (Fsp3) is 0.479. The van der Waals surface area contributed by atoms with Crippen LogP contribution in [0.4, 0.5) is 0 Å². The van der Waals surface area contributed by atoms with Crippen molar-refractivity contribution in [3.8, 4) is 16.9 Å². The van der Waals surface area contributed by atoms with Gasteiger partial charge in [-0.05, 0) is 118 Å². The van der Waals surface area contributed by atoms with Gasteiger partial charge in [-0.2, -0.15) is 0 Å². The number of nitrogens with one attached hydrogen (secondary N) is 8. The van der Waals surface area contributed by atoms with Gasteiger partial charge in [0.05, 0.1) is 25.2 Å². The monoisotopic (exact) mass is 1470 g/mol. The second-order valence-electron chi connectivity index (χ2n) is 27.1. The molecule has 12 amide bonds. The number of aliphatic hydroxyl groups excluding tert-OH is 2. The van der Waals surface area contributed by atoms with Crippen molar-refractivity contribution in [2.45, 2.75) is 183 Å². The SMILES string of the molecule is CC(C)[C@H](NC(=O)[C@H](CO)NC(=O)[C@H](CC(=O)O)NC(=O)[C@@H]1CCCN1C(=O)[C@H](Cc1ccc(-c2ccccc2)cc1)NC(=O)[C@H](C)NC(=O)[C@@H](NC(=O)[C@@H](N)Cc1ccc(O)cc1)[C@@H](C)O)C(=O)N1CCC[C@H]1C(=O)N[C@@H](Cc1ccccc1)C(=O)N[C@@H](CCCN=C(N)N)C(=O)N1CCC[C@H]1C(N)=O. The Morgan fingerprint density at radius 1 is 0.491 bits per heavy atom. The quantitative estimate of drug-likeness (QED) is 0.0125. The van der Waals surface area contributed by atoms with Crippen LogP contribution in [0.5, 0.6) is 5.75 Å². The molecule has 33 heteroatoms. The van der Waals surface area contributed by atoms with Crippen molar-refractivity contribution >= 4 is 82.8 Å². The fourth-order valence-corrected chi connectivity index (χ4v) is 13.0. The Hall–Kier alpha value is -11.1. The van der Waals surface area contributed by atoms with Crippen molar-refractivity contribution in [1.29, 1.82) is 0 Å². The number of primary amides is 1. The standard InChI is InChI=1S/C73H98N16O17/c1-40(2)59(72(106)89-34-14-22-57(89)68(102)81-51(36-43-15-7-5-8-16-43)64(98)80-50(19-11-31-78-73(76)77)70(104)87-32-12-20-55(87)61(75)95)85-66(100)54(39-90)84-65(99)52(38-58(93)94)82-67(101)56-21-13-33-88(56)71(105)53(37-45-23-27-47(28-24-45)46-17-9-6-10-18-46)83-62(96)41(3)79-69(103)60(42(4)91)86-63(97)49(74)35-44-25-29-48(92)30-26-44/h5-10,15-18,23-30,40-42,49-57,59-60,90-92H,11-14,19-22,31-39,74H2,1-4H3,(H2,75,95)(H,79,103)(H,80,98)(H,81,102)(H,82,101)(H,83,96)(H,84,99)(H,85,100)(H,86,97)(H,93,94)(H4,76,77,78)/t41-,42+,49-,50-,51-,52-,53-,54-,55-,56-,57-,59-,60-/m0/s1. The van der Waals surface area contributed by atoms with Gasteiger partial charge in [-0.15, -0.1) is 0 Å². The number of carbonyl (C=O) groups is 13. The molecule has 106 heavy (non-hydrogen) atoms. The Labute approximate surface area is 613 Å². The summed E-state index contributed by atoms with van der Waals surface area (Å²) in [6, 6.07) is 14.1. The molecule has 4 aromatic carbocycles. The molecule has 4 aromatic rings. The van der Waals surface area contributed by atoms with Gasteiger partial charge in [0.25, 0.3) is 0 Å². The van der Waals surface area contributed by atoms with Crippen LogP contribution in [-0.2, 0) is 81.6 Å². The summed E-state index contributed by atoms with van der Waals surface area (Å²) in [6.45, 7) is 4.85. The van der Waals surface area contributed by atoms with E-state index in [9.17, 15) is 82.8 Å². The third-order valence-electron chi connectivity index (χ3n) is 18.7. The van der Waals surface area contributed by atoms with Gasteiger partial charge in [-0.1, -0.05) is 111 Å². The number of carbonyl (C=O) groups excluding carboxylic acids is 12. The molecule has 3 heterocycles. The van der Waals surface area contributed by atoms with Crippen molar-refractivity contribution in [3.63, 3.8) is 0 Å². The van der Waals surface area contributed by atoms with Crippen LogP contribution in [0.2, 0.25) is 0 Å². The summed E-state index contributed by atoms with van der Waals surface area (Å²) in [5.74, 6) is -12.9. The molecule has 0 aliphatic carbocycles. The van der Waals surface area contributed by atoms with Crippen LogP contribution < -0.4 is 65.5 Å². The minimum atomic E-state index is -1.95. The van der Waals surface area contributed by atoms with Crippen molar-refractivity contribution in [2.75, 3.05) is 32.8 Å². The molecule has 3 aliphatic heterocycles. The topological polar surface area (TPSA) is 525 Å². The number of guanidine groups is 1. The first-order valence-electron chi connectivity index (χ1n) is 35.4. The summed E-state index contributed by atoms with van der Waals surface area (Å²) in [5, 5.41) is 61.3. The molecule has 0 spiro atoms. The van der Waals surface area contributed by atoms with Crippen LogP contribution in [0, 0.1) is 5.92 Å². The number of amides is 12. The number of nitrogens with zero attached hydrogens (tertiary/aromatic N) is 4. The van der Waals surface area contributed by atoms with Crippen LogP contribution in [-0.4, -0.2) is 229 Å². The zero-order chi connectivity index (χ0) is 77.5. The number of rotatable bonds is 36. The Morgan fingerprint density at radius 2 is 0.953 bits per heavy atom. The van der Waals surface area contributed by atoms with Crippen molar-refractivity contribution in [2.24, 2.45) is 33.8 Å². The highest BCUT2D eigenvalue weighted by atomic mass is 16.4. The minimum Gasteiger partial charge on any atom is -0.508 e. The maximum Gasteiger partial charge on any atom is 0.305 e. The second-order valence-corrected chi connectivity index (χ2v) is 27.1. The molecule has 0 aromatic heterocycles. The van der Waals surface area contributed by atoms with E-state index in [-0.39, 0.29) is 89.3 Å². The summed E-state index contributed by atoms with van der Waals surface area (Å²) in [7, 11) is 0. The molecule has 0 unspecified atom stereocenters. The summed E-state index contributed by atoms with van der Waals surface area (Å²) in [4.78, 5) is 189. The number of benzene rings is 4. The highest BCUT2D eigenvalue weighted by Crippen LogP contribution is 2.26. The molecule has 0 saturated carbocycles. The number of aliphatic carboxylic acids is 1. The summed E-state index contributed by atoms with van der Waals surface area (Å²) in [5.41, 5.74) is 26.3. The van der Waals surface area contributed by atoms with Gasteiger partial charge in [0, 0.05) is 39.0 Å². The Morgan fingerprint density at radius 3 is 1.51 bits per heavy atom. The lowest BCUT2D eigenvalue weighted by Crippen LogP contribution is -2.62. The van der Waals surface area contributed by atoms with Gasteiger partial charge in [0.1, 0.15) is 72.2 Å². The van der Waals surface area contributed by atoms with Crippen LogP contribution in [0.25, 0.3) is 11.1 Å². The first-order chi connectivity index (χ1) is 50.4. The molecule has 20 N–H and O–H groups in total. The number of aliphatic imine (C=N–C) groups is 1. The molecule has 0 radical (unpaired) electrons. The normalized spacial score (nSPS) is 18.3.